The quantitative estimate of drug-likeness (QED) is 0.435. The smallest absolute Gasteiger partial charge is 0.329 e. The summed E-state index contributed by atoms with van der Waals surface area (Å²) in [6.45, 7) is 1.40. The molecule has 0 heterocycles. The highest BCUT2D eigenvalue weighted by molar-refractivity contribution is 8.00. The minimum absolute atomic E-state index is 0.268. The number of methoxy groups -OCH3 is 1. The summed E-state index contributed by atoms with van der Waals surface area (Å²) in [5.41, 5.74) is 3.29. The summed E-state index contributed by atoms with van der Waals surface area (Å²) in [6, 6.07) is 29.9. The Labute approximate surface area is 181 Å². The third kappa shape index (κ3) is 4.74. The van der Waals surface area contributed by atoms with Crippen LogP contribution < -0.4 is 5.32 Å². The summed E-state index contributed by atoms with van der Waals surface area (Å²) in [5.74, 6) is -0.373. The van der Waals surface area contributed by atoms with Crippen molar-refractivity contribution in [3.63, 3.8) is 0 Å². The number of benzene rings is 3. The normalized spacial score (nSPS) is 12.1. The van der Waals surface area contributed by atoms with Crippen LogP contribution in [0.5, 0.6) is 0 Å². The first-order valence-electron chi connectivity index (χ1n) is 9.73. The molecule has 0 unspecified atom stereocenters. The standard InChI is InChI=1S/C25H25NO3S/c1-19(27)26-23(24(28)29-2)18-30-25(20-12-6-3-7-13-20,21-14-8-4-9-15-21)22-16-10-5-11-17-22/h3-17,23H,18H2,1-2H3,(H,26,27)/t23-/m0/s1. The van der Waals surface area contributed by atoms with Crippen molar-refractivity contribution >= 4 is 23.6 Å². The van der Waals surface area contributed by atoms with Gasteiger partial charge in [-0.15, -0.1) is 11.8 Å². The Morgan fingerprint density at radius 1 is 0.833 bits per heavy atom. The molecule has 0 bridgehead atoms. The molecule has 0 fully saturated rings. The molecule has 154 valence electrons. The molecule has 3 aromatic carbocycles. The van der Waals surface area contributed by atoms with Crippen LogP contribution >= 0.6 is 11.8 Å². The molecular formula is C25H25NO3S. The molecule has 0 spiro atoms. The van der Waals surface area contributed by atoms with Gasteiger partial charge in [-0.2, -0.15) is 0 Å². The fourth-order valence-electron chi connectivity index (χ4n) is 3.53. The van der Waals surface area contributed by atoms with Gasteiger partial charge in [-0.25, -0.2) is 4.79 Å². The summed E-state index contributed by atoms with van der Waals surface area (Å²) in [6.07, 6.45) is 0. The zero-order valence-corrected chi connectivity index (χ0v) is 17.9. The summed E-state index contributed by atoms with van der Waals surface area (Å²) >= 11 is 1.61. The number of carbonyl (C=O) groups is 2. The predicted octanol–water partition coefficient (Wildman–Crippen LogP) is 4.39. The van der Waals surface area contributed by atoms with E-state index < -0.39 is 16.8 Å². The molecule has 0 aliphatic heterocycles. The lowest BCUT2D eigenvalue weighted by Gasteiger charge is -2.36. The van der Waals surface area contributed by atoms with E-state index in [2.05, 4.69) is 41.7 Å². The topological polar surface area (TPSA) is 55.4 Å². The van der Waals surface area contributed by atoms with E-state index in [-0.39, 0.29) is 5.91 Å². The number of ether oxygens (including phenoxy) is 1. The monoisotopic (exact) mass is 419 g/mol. The molecule has 5 heteroatoms. The van der Waals surface area contributed by atoms with Crippen LogP contribution in [0, 0.1) is 0 Å². The molecule has 0 saturated heterocycles. The van der Waals surface area contributed by atoms with Gasteiger partial charge in [0.1, 0.15) is 6.04 Å². The van der Waals surface area contributed by atoms with Gasteiger partial charge in [0, 0.05) is 12.7 Å². The summed E-state index contributed by atoms with van der Waals surface area (Å²) < 4.78 is 4.37. The maximum Gasteiger partial charge on any atom is 0.329 e. The fraction of sp³-hybridized carbons (Fsp3) is 0.200. The van der Waals surface area contributed by atoms with Crippen LogP contribution in [0.2, 0.25) is 0 Å². The van der Waals surface area contributed by atoms with Crippen LogP contribution in [0.4, 0.5) is 0 Å². The molecule has 0 saturated carbocycles. The second kappa shape index (κ2) is 10.1. The molecule has 1 atom stereocenters. The van der Waals surface area contributed by atoms with Crippen molar-refractivity contribution in [2.75, 3.05) is 12.9 Å². The zero-order valence-electron chi connectivity index (χ0n) is 17.1. The first-order chi connectivity index (χ1) is 14.6. The minimum atomic E-state index is -0.743. The molecule has 1 amide bonds. The molecule has 1 N–H and O–H groups in total. The Morgan fingerprint density at radius 3 is 1.57 bits per heavy atom. The summed E-state index contributed by atoms with van der Waals surface area (Å²) in [4.78, 5) is 24.0. The molecule has 0 aliphatic carbocycles. The number of hydrogen-bond acceptors (Lipinski definition) is 4. The number of amides is 1. The lowest BCUT2D eigenvalue weighted by Crippen LogP contribution is -2.43. The molecule has 0 radical (unpaired) electrons. The zero-order chi connectivity index (χ0) is 21.4. The maximum absolute atomic E-state index is 12.3. The van der Waals surface area contributed by atoms with Gasteiger partial charge in [-0.05, 0) is 16.7 Å². The van der Waals surface area contributed by atoms with Gasteiger partial charge in [0.25, 0.3) is 0 Å². The highest BCUT2D eigenvalue weighted by Crippen LogP contribution is 2.48. The highest BCUT2D eigenvalue weighted by Gasteiger charge is 2.38. The Morgan fingerprint density at radius 2 is 1.23 bits per heavy atom. The first-order valence-corrected chi connectivity index (χ1v) is 10.7. The van der Waals surface area contributed by atoms with E-state index in [1.807, 2.05) is 54.6 Å². The van der Waals surface area contributed by atoms with Crippen LogP contribution in [-0.4, -0.2) is 30.8 Å². The number of hydrogen-bond donors (Lipinski definition) is 1. The van der Waals surface area contributed by atoms with Gasteiger partial charge in [-0.1, -0.05) is 91.0 Å². The van der Waals surface area contributed by atoms with Crippen LogP contribution in [0.1, 0.15) is 23.6 Å². The average Bonchev–Trinajstić information content (AvgIpc) is 2.80. The Bertz CT molecular complexity index is 865. The van der Waals surface area contributed by atoms with Crippen molar-refractivity contribution in [1.29, 1.82) is 0 Å². The van der Waals surface area contributed by atoms with Crippen LogP contribution in [-0.2, 0) is 19.1 Å². The Kier molecular flexibility index (Phi) is 7.31. The molecular weight excluding hydrogens is 394 g/mol. The number of carbonyl (C=O) groups excluding carboxylic acids is 2. The van der Waals surface area contributed by atoms with Crippen molar-refractivity contribution in [3.8, 4) is 0 Å². The van der Waals surface area contributed by atoms with Gasteiger partial charge in [0.2, 0.25) is 5.91 Å². The van der Waals surface area contributed by atoms with E-state index >= 15 is 0 Å². The predicted molar refractivity (Wildman–Crippen MR) is 121 cm³/mol. The molecule has 30 heavy (non-hydrogen) atoms. The number of esters is 1. The van der Waals surface area contributed by atoms with Crippen LogP contribution in [0.25, 0.3) is 0 Å². The van der Waals surface area contributed by atoms with Crippen molar-refractivity contribution in [2.24, 2.45) is 0 Å². The van der Waals surface area contributed by atoms with Crippen molar-refractivity contribution in [3.05, 3.63) is 108 Å². The largest absolute Gasteiger partial charge is 0.467 e. The molecule has 0 aromatic heterocycles. The first kappa shape index (κ1) is 21.7. The van der Waals surface area contributed by atoms with Gasteiger partial charge in [0.15, 0.2) is 0 Å². The summed E-state index contributed by atoms with van der Waals surface area (Å²) in [7, 11) is 1.33. The second-order valence-corrected chi connectivity index (χ2v) is 8.10. The van der Waals surface area contributed by atoms with E-state index in [0.29, 0.717) is 5.75 Å². The van der Waals surface area contributed by atoms with Crippen molar-refractivity contribution < 1.29 is 14.3 Å². The fourth-order valence-corrected chi connectivity index (χ4v) is 5.08. The number of rotatable bonds is 8. The van der Waals surface area contributed by atoms with E-state index in [1.54, 1.807) is 11.8 Å². The summed E-state index contributed by atoms with van der Waals surface area (Å²) in [5, 5.41) is 2.72. The second-order valence-electron chi connectivity index (χ2n) is 6.87. The molecule has 3 aromatic rings. The van der Waals surface area contributed by atoms with Crippen LogP contribution in [0.3, 0.4) is 0 Å². The Hall–Kier alpha value is -3.05. The van der Waals surface area contributed by atoms with E-state index in [4.69, 9.17) is 4.74 Å². The minimum Gasteiger partial charge on any atom is -0.467 e. The Balaban J connectivity index is 2.13. The average molecular weight is 420 g/mol. The lowest BCUT2D eigenvalue weighted by molar-refractivity contribution is -0.144. The third-order valence-electron chi connectivity index (χ3n) is 4.87. The number of thioether (sulfide) groups is 1. The lowest BCUT2D eigenvalue weighted by atomic mass is 9.84. The molecule has 0 aliphatic rings. The molecule has 3 rings (SSSR count). The van der Waals surface area contributed by atoms with Gasteiger partial charge < -0.3 is 10.1 Å². The van der Waals surface area contributed by atoms with E-state index in [0.717, 1.165) is 16.7 Å². The number of nitrogens with one attached hydrogen (secondary N) is 1. The van der Waals surface area contributed by atoms with Crippen molar-refractivity contribution in [1.82, 2.24) is 5.32 Å². The van der Waals surface area contributed by atoms with E-state index in [9.17, 15) is 9.59 Å². The van der Waals surface area contributed by atoms with Gasteiger partial charge in [0.05, 0.1) is 11.9 Å². The van der Waals surface area contributed by atoms with E-state index in [1.165, 1.54) is 14.0 Å². The van der Waals surface area contributed by atoms with Gasteiger partial charge in [-0.3, -0.25) is 4.79 Å². The third-order valence-corrected chi connectivity index (χ3v) is 6.51. The molecule has 4 nitrogen and oxygen atoms in total. The SMILES string of the molecule is COC(=O)[C@H](CSC(c1ccccc1)(c1ccccc1)c1ccccc1)NC(C)=O. The van der Waals surface area contributed by atoms with Crippen molar-refractivity contribution in [2.45, 2.75) is 17.7 Å². The van der Waals surface area contributed by atoms with Gasteiger partial charge >= 0.3 is 5.97 Å². The maximum atomic E-state index is 12.3. The van der Waals surface area contributed by atoms with Crippen LogP contribution in [0.15, 0.2) is 91.0 Å². The highest BCUT2D eigenvalue weighted by atomic mass is 32.2.